The molecule has 0 bridgehead atoms. The van der Waals surface area contributed by atoms with E-state index in [-0.39, 0.29) is 11.8 Å². The van der Waals surface area contributed by atoms with Gasteiger partial charge in [0.2, 0.25) is 10.0 Å². The molecule has 0 saturated carbocycles. The summed E-state index contributed by atoms with van der Waals surface area (Å²) in [5.74, 6) is -0.658. The summed E-state index contributed by atoms with van der Waals surface area (Å²) in [7, 11) is 0.503. The van der Waals surface area contributed by atoms with Crippen LogP contribution in [0.5, 0.6) is 0 Å². The van der Waals surface area contributed by atoms with Gasteiger partial charge in [0.15, 0.2) is 0 Å². The summed E-state index contributed by atoms with van der Waals surface area (Å²) in [4.78, 5) is 4.59. The van der Waals surface area contributed by atoms with Crippen LogP contribution in [0.4, 0.5) is 4.39 Å². The van der Waals surface area contributed by atoms with Gasteiger partial charge in [-0.25, -0.2) is 17.5 Å². The molecule has 1 unspecified atom stereocenters. The summed E-state index contributed by atoms with van der Waals surface area (Å²) >= 11 is 0. The molecular formula is C19H27FN4O2S. The molecule has 1 aromatic heterocycles. The van der Waals surface area contributed by atoms with E-state index in [1.54, 1.807) is 6.07 Å². The molecule has 0 spiro atoms. The molecule has 0 radical (unpaired) electrons. The number of likely N-dealkylation sites (N-methyl/N-ethyl adjacent to an activating group) is 1. The average molecular weight is 395 g/mol. The molecule has 1 saturated heterocycles. The molecule has 1 aromatic carbocycles. The van der Waals surface area contributed by atoms with Crippen LogP contribution in [-0.2, 0) is 22.8 Å². The van der Waals surface area contributed by atoms with Crippen LogP contribution in [0.3, 0.4) is 0 Å². The molecule has 148 valence electrons. The summed E-state index contributed by atoms with van der Waals surface area (Å²) in [5, 5.41) is 0. The van der Waals surface area contributed by atoms with Gasteiger partial charge in [0.1, 0.15) is 5.82 Å². The van der Waals surface area contributed by atoms with Crippen molar-refractivity contribution in [3.05, 3.63) is 59.7 Å². The Balaban J connectivity index is 1.71. The molecule has 1 atom stereocenters. The van der Waals surface area contributed by atoms with Crippen LogP contribution >= 0.6 is 0 Å². The summed E-state index contributed by atoms with van der Waals surface area (Å²) in [6.45, 7) is 3.98. The Bertz CT molecular complexity index is 860. The van der Waals surface area contributed by atoms with Crippen LogP contribution in [0, 0.1) is 5.82 Å². The van der Waals surface area contributed by atoms with E-state index in [2.05, 4.69) is 21.6 Å². The quantitative estimate of drug-likeness (QED) is 0.775. The minimum atomic E-state index is -3.56. The van der Waals surface area contributed by atoms with Crippen LogP contribution in [0.25, 0.3) is 0 Å². The number of nitrogens with zero attached hydrogens (tertiary/aromatic N) is 3. The Morgan fingerprint density at radius 2 is 1.85 bits per heavy atom. The van der Waals surface area contributed by atoms with E-state index in [0.717, 1.165) is 31.9 Å². The molecular weight excluding hydrogens is 367 g/mol. The first kappa shape index (κ1) is 20.0. The number of rotatable bonds is 7. The van der Waals surface area contributed by atoms with Crippen molar-refractivity contribution in [3.8, 4) is 0 Å². The first-order valence-electron chi connectivity index (χ1n) is 9.10. The van der Waals surface area contributed by atoms with E-state index in [0.29, 0.717) is 12.1 Å². The smallest absolute Gasteiger partial charge is 0.215 e. The van der Waals surface area contributed by atoms with E-state index in [4.69, 9.17) is 0 Å². The van der Waals surface area contributed by atoms with Crippen molar-refractivity contribution < 1.29 is 12.8 Å². The average Bonchev–Trinajstić information content (AvgIpc) is 3.02. The highest BCUT2D eigenvalue weighted by molar-refractivity contribution is 7.88. The molecule has 1 aliphatic heterocycles. The van der Waals surface area contributed by atoms with Gasteiger partial charge in [-0.1, -0.05) is 12.1 Å². The zero-order chi connectivity index (χ0) is 19.4. The van der Waals surface area contributed by atoms with Gasteiger partial charge < -0.3 is 9.47 Å². The fourth-order valence-corrected chi connectivity index (χ4v) is 4.61. The zero-order valence-electron chi connectivity index (χ0n) is 15.8. The molecule has 1 N–H and O–H groups in total. The number of nitrogens with one attached hydrogen (secondary N) is 1. The van der Waals surface area contributed by atoms with Crippen LogP contribution in [0.1, 0.15) is 17.3 Å². The second-order valence-electron chi connectivity index (χ2n) is 7.14. The maximum absolute atomic E-state index is 13.3. The third-order valence-electron chi connectivity index (χ3n) is 5.05. The number of halogens is 1. The van der Waals surface area contributed by atoms with Crippen molar-refractivity contribution >= 4 is 10.0 Å². The van der Waals surface area contributed by atoms with Gasteiger partial charge in [0.25, 0.3) is 0 Å². The Kier molecular flexibility index (Phi) is 6.31. The number of sulfonamides is 1. The van der Waals surface area contributed by atoms with Gasteiger partial charge >= 0.3 is 0 Å². The summed E-state index contributed by atoms with van der Waals surface area (Å²) in [5.41, 5.74) is 1.52. The lowest BCUT2D eigenvalue weighted by molar-refractivity contribution is 0.109. The Morgan fingerprint density at radius 1 is 1.11 bits per heavy atom. The number of aromatic nitrogens is 1. The summed E-state index contributed by atoms with van der Waals surface area (Å²) in [6.07, 6.45) is 1.97. The SMILES string of the molecule is CN1CCN(C(CNS(=O)(=O)Cc2cccc(F)c2)c2cccn2C)CC1. The van der Waals surface area contributed by atoms with E-state index in [9.17, 15) is 12.8 Å². The van der Waals surface area contributed by atoms with Crippen LogP contribution in [-0.4, -0.2) is 62.6 Å². The molecule has 1 fully saturated rings. The standard InChI is InChI=1S/C19H27FN4O2S/c1-22-9-11-24(12-10-22)19(18-7-4-8-23(18)2)14-21-27(25,26)15-16-5-3-6-17(20)13-16/h3-8,13,19,21H,9-12,14-15H2,1-2H3. The lowest BCUT2D eigenvalue weighted by Gasteiger charge is -2.38. The van der Waals surface area contributed by atoms with Crippen LogP contribution < -0.4 is 4.72 Å². The van der Waals surface area contributed by atoms with Gasteiger partial charge in [-0.2, -0.15) is 0 Å². The third-order valence-corrected chi connectivity index (χ3v) is 6.37. The topological polar surface area (TPSA) is 57.6 Å². The molecule has 27 heavy (non-hydrogen) atoms. The largest absolute Gasteiger partial charge is 0.353 e. The molecule has 0 amide bonds. The van der Waals surface area contributed by atoms with Crippen LogP contribution in [0.15, 0.2) is 42.6 Å². The maximum atomic E-state index is 13.3. The van der Waals surface area contributed by atoms with Gasteiger partial charge in [0.05, 0.1) is 11.8 Å². The number of benzene rings is 1. The van der Waals surface area contributed by atoms with E-state index < -0.39 is 15.8 Å². The molecule has 3 rings (SSSR count). The molecule has 0 aliphatic carbocycles. The van der Waals surface area contributed by atoms with E-state index in [1.807, 2.05) is 29.9 Å². The van der Waals surface area contributed by atoms with Crippen molar-refractivity contribution in [2.45, 2.75) is 11.8 Å². The predicted molar refractivity (Wildman–Crippen MR) is 104 cm³/mol. The number of piperazine rings is 1. The number of hydrogen-bond donors (Lipinski definition) is 1. The fraction of sp³-hybridized carbons (Fsp3) is 0.474. The number of aryl methyl sites for hydroxylation is 1. The Labute approximate surface area is 160 Å². The molecule has 2 aromatic rings. The normalized spacial score (nSPS) is 17.9. The van der Waals surface area contributed by atoms with Crippen LogP contribution in [0.2, 0.25) is 0 Å². The molecule has 8 heteroatoms. The minimum absolute atomic E-state index is 0.0408. The zero-order valence-corrected chi connectivity index (χ0v) is 16.6. The Hall–Kier alpha value is -1.74. The second kappa shape index (κ2) is 8.52. The third kappa shape index (κ3) is 5.38. The number of hydrogen-bond acceptors (Lipinski definition) is 4. The fourth-order valence-electron chi connectivity index (χ4n) is 3.48. The van der Waals surface area contributed by atoms with Gasteiger partial charge in [-0.05, 0) is 36.9 Å². The first-order valence-corrected chi connectivity index (χ1v) is 10.7. The van der Waals surface area contributed by atoms with Gasteiger partial charge in [-0.3, -0.25) is 4.90 Å². The molecule has 6 nitrogen and oxygen atoms in total. The highest BCUT2D eigenvalue weighted by Crippen LogP contribution is 2.22. The first-order chi connectivity index (χ1) is 12.8. The van der Waals surface area contributed by atoms with E-state index >= 15 is 0 Å². The molecule has 1 aliphatic rings. The lowest BCUT2D eigenvalue weighted by atomic mass is 10.1. The maximum Gasteiger partial charge on any atom is 0.215 e. The summed E-state index contributed by atoms with van der Waals surface area (Å²) in [6, 6.07) is 9.68. The Morgan fingerprint density at radius 3 is 2.48 bits per heavy atom. The van der Waals surface area contributed by atoms with Crippen molar-refractivity contribution in [2.75, 3.05) is 39.8 Å². The van der Waals surface area contributed by atoms with Crippen molar-refractivity contribution in [3.63, 3.8) is 0 Å². The summed E-state index contributed by atoms with van der Waals surface area (Å²) < 4.78 is 43.2. The highest BCUT2D eigenvalue weighted by Gasteiger charge is 2.27. The monoisotopic (exact) mass is 394 g/mol. The van der Waals surface area contributed by atoms with Crippen molar-refractivity contribution in [2.24, 2.45) is 7.05 Å². The van der Waals surface area contributed by atoms with Crippen molar-refractivity contribution in [1.82, 2.24) is 19.1 Å². The van der Waals surface area contributed by atoms with Crippen molar-refractivity contribution in [1.29, 1.82) is 0 Å². The lowest BCUT2D eigenvalue weighted by Crippen LogP contribution is -2.49. The van der Waals surface area contributed by atoms with Gasteiger partial charge in [0, 0.05) is 51.7 Å². The second-order valence-corrected chi connectivity index (χ2v) is 8.94. The minimum Gasteiger partial charge on any atom is -0.353 e. The predicted octanol–water partition coefficient (Wildman–Crippen LogP) is 1.57. The van der Waals surface area contributed by atoms with E-state index in [1.165, 1.54) is 18.2 Å². The highest BCUT2D eigenvalue weighted by atomic mass is 32.2. The molecule has 2 heterocycles. The van der Waals surface area contributed by atoms with Gasteiger partial charge in [-0.15, -0.1) is 0 Å².